The Hall–Kier alpha value is -3.07. The predicted molar refractivity (Wildman–Crippen MR) is 138 cm³/mol. The lowest BCUT2D eigenvalue weighted by Crippen LogP contribution is -2.57. The van der Waals surface area contributed by atoms with Gasteiger partial charge in [-0.15, -0.1) is 0 Å². The van der Waals surface area contributed by atoms with Crippen LogP contribution in [0.25, 0.3) is 0 Å². The third kappa shape index (κ3) is 14.4. The zero-order valence-electron chi connectivity index (χ0n) is 21.0. The highest BCUT2D eigenvalue weighted by atomic mass is 32.2. The second kappa shape index (κ2) is 17.4. The number of aliphatic imine (C=N–C) groups is 1. The summed E-state index contributed by atoms with van der Waals surface area (Å²) in [6.45, 7) is 3.99. The summed E-state index contributed by atoms with van der Waals surface area (Å²) in [5.41, 5.74) is 21.6. The quantitative estimate of drug-likeness (QED) is 0.0526. The summed E-state index contributed by atoms with van der Waals surface area (Å²) in [6.07, 6.45) is 2.23. The molecule has 0 rings (SSSR count). The van der Waals surface area contributed by atoms with E-state index in [0.717, 1.165) is 0 Å². The molecule has 0 bridgehead atoms. The van der Waals surface area contributed by atoms with Crippen molar-refractivity contribution in [1.82, 2.24) is 16.0 Å². The molecule has 0 aliphatic heterocycles. The molecule has 0 aromatic heterocycles. The molecule has 0 saturated carbocycles. The summed E-state index contributed by atoms with van der Waals surface area (Å²) in [4.78, 5) is 64.9. The molecule has 0 aromatic carbocycles. The summed E-state index contributed by atoms with van der Waals surface area (Å²) in [5, 5.41) is 16.7. The first-order valence-corrected chi connectivity index (χ1v) is 12.9. The van der Waals surface area contributed by atoms with Gasteiger partial charge in [0, 0.05) is 6.54 Å². The number of primary amides is 1. The highest BCUT2D eigenvalue weighted by Gasteiger charge is 2.30. The van der Waals surface area contributed by atoms with Crippen molar-refractivity contribution in [2.45, 2.75) is 70.1 Å². The van der Waals surface area contributed by atoms with Crippen molar-refractivity contribution in [3.63, 3.8) is 0 Å². The van der Waals surface area contributed by atoms with E-state index in [2.05, 4.69) is 20.9 Å². The largest absolute Gasteiger partial charge is 0.480 e. The van der Waals surface area contributed by atoms with Crippen LogP contribution in [0.1, 0.15) is 46.0 Å². The molecule has 12 N–H and O–H groups in total. The number of carboxylic acid groups (broad SMARTS) is 1. The number of carboxylic acids is 1. The Morgan fingerprint density at radius 3 is 1.89 bits per heavy atom. The summed E-state index contributed by atoms with van der Waals surface area (Å²) in [6, 6.07) is -4.55. The van der Waals surface area contributed by atoms with Crippen molar-refractivity contribution in [3.8, 4) is 0 Å². The van der Waals surface area contributed by atoms with Crippen molar-refractivity contribution in [2.24, 2.45) is 33.8 Å². The van der Waals surface area contributed by atoms with Crippen molar-refractivity contribution in [3.05, 3.63) is 0 Å². The highest BCUT2D eigenvalue weighted by molar-refractivity contribution is 7.98. The monoisotopic (exact) mass is 532 g/mol. The van der Waals surface area contributed by atoms with Crippen LogP contribution in [-0.2, 0) is 24.0 Å². The summed E-state index contributed by atoms with van der Waals surface area (Å²) < 4.78 is 0. The Labute approximate surface area is 215 Å². The maximum atomic E-state index is 13.1. The minimum absolute atomic E-state index is 0.0489. The molecule has 0 aliphatic rings. The lowest BCUT2D eigenvalue weighted by Gasteiger charge is -2.25. The second-order valence-corrected chi connectivity index (χ2v) is 9.64. The van der Waals surface area contributed by atoms with Crippen molar-refractivity contribution in [1.29, 1.82) is 0 Å². The fourth-order valence-corrected chi connectivity index (χ4v) is 3.59. The van der Waals surface area contributed by atoms with Gasteiger partial charge in [-0.2, -0.15) is 11.8 Å². The normalized spacial score (nSPS) is 14.1. The maximum absolute atomic E-state index is 13.1. The number of carbonyl (C=O) groups excluding carboxylic acids is 4. The van der Waals surface area contributed by atoms with Gasteiger partial charge in [0.15, 0.2) is 5.96 Å². The van der Waals surface area contributed by atoms with Gasteiger partial charge in [-0.25, -0.2) is 4.79 Å². The molecule has 206 valence electrons. The molecule has 15 heteroatoms. The van der Waals surface area contributed by atoms with E-state index in [1.54, 1.807) is 0 Å². The molecule has 14 nitrogen and oxygen atoms in total. The second-order valence-electron chi connectivity index (χ2n) is 8.66. The first-order valence-electron chi connectivity index (χ1n) is 11.5. The first-order chi connectivity index (χ1) is 16.8. The number of aliphatic carboxylic acids is 1. The number of carbonyl (C=O) groups is 5. The van der Waals surface area contributed by atoms with E-state index in [1.165, 1.54) is 11.8 Å². The summed E-state index contributed by atoms with van der Waals surface area (Å²) in [7, 11) is 0. The number of amides is 4. The molecular formula is C21H40N8O6S. The van der Waals surface area contributed by atoms with E-state index in [0.29, 0.717) is 12.2 Å². The van der Waals surface area contributed by atoms with Crippen LogP contribution >= 0.6 is 11.8 Å². The molecule has 0 spiro atoms. The number of guanidine groups is 1. The maximum Gasteiger partial charge on any atom is 0.326 e. The van der Waals surface area contributed by atoms with E-state index < -0.39 is 60.2 Å². The Morgan fingerprint density at radius 2 is 1.42 bits per heavy atom. The fourth-order valence-electron chi connectivity index (χ4n) is 3.12. The Balaban J connectivity index is 5.61. The lowest BCUT2D eigenvalue weighted by atomic mass is 10.0. The average Bonchev–Trinajstić information content (AvgIpc) is 2.76. The number of hydrogen-bond acceptors (Lipinski definition) is 8. The topological polar surface area (TPSA) is 258 Å². The van der Waals surface area contributed by atoms with E-state index in [9.17, 15) is 29.1 Å². The van der Waals surface area contributed by atoms with Crippen LogP contribution in [0.4, 0.5) is 0 Å². The highest BCUT2D eigenvalue weighted by Crippen LogP contribution is 2.07. The van der Waals surface area contributed by atoms with Gasteiger partial charge >= 0.3 is 5.97 Å². The predicted octanol–water partition coefficient (Wildman–Crippen LogP) is -2.42. The van der Waals surface area contributed by atoms with Crippen molar-refractivity contribution in [2.75, 3.05) is 18.6 Å². The molecule has 4 atom stereocenters. The van der Waals surface area contributed by atoms with Gasteiger partial charge in [-0.05, 0) is 43.6 Å². The smallest absolute Gasteiger partial charge is 0.326 e. The van der Waals surface area contributed by atoms with E-state index in [-0.39, 0.29) is 37.7 Å². The number of hydrogen-bond donors (Lipinski definition) is 8. The SMILES string of the molecule is CSCCC(NC(=O)C(N)CC(C)C)C(=O)NC(CCCN=C(N)N)C(=O)NC(CC(N)=O)C(=O)O. The number of rotatable bonds is 18. The molecule has 36 heavy (non-hydrogen) atoms. The molecule has 0 aromatic rings. The van der Waals surface area contributed by atoms with Crippen LogP contribution in [-0.4, -0.2) is 83.4 Å². The first kappa shape index (κ1) is 32.9. The van der Waals surface area contributed by atoms with Gasteiger partial charge in [0.1, 0.15) is 18.1 Å². The minimum Gasteiger partial charge on any atom is -0.480 e. The average molecular weight is 533 g/mol. The zero-order valence-corrected chi connectivity index (χ0v) is 21.8. The van der Waals surface area contributed by atoms with E-state index in [1.807, 2.05) is 20.1 Å². The zero-order chi connectivity index (χ0) is 27.8. The van der Waals surface area contributed by atoms with Crippen molar-refractivity contribution < 1.29 is 29.1 Å². The van der Waals surface area contributed by atoms with Crippen LogP contribution in [0.2, 0.25) is 0 Å². The van der Waals surface area contributed by atoms with E-state index >= 15 is 0 Å². The summed E-state index contributed by atoms with van der Waals surface area (Å²) in [5.74, 6) is -3.79. The molecule has 4 amide bonds. The number of nitrogens with one attached hydrogen (secondary N) is 3. The molecule has 0 heterocycles. The molecule has 0 saturated heterocycles. The third-order valence-electron chi connectivity index (χ3n) is 4.90. The van der Waals surface area contributed by atoms with Gasteiger partial charge in [0.05, 0.1) is 12.5 Å². The fraction of sp³-hybridized carbons (Fsp3) is 0.714. The van der Waals surface area contributed by atoms with Gasteiger partial charge in [0.25, 0.3) is 0 Å². The molecule has 0 aliphatic carbocycles. The van der Waals surface area contributed by atoms with E-state index in [4.69, 9.17) is 22.9 Å². The van der Waals surface area contributed by atoms with Gasteiger partial charge in [-0.3, -0.25) is 24.2 Å². The number of nitrogens with zero attached hydrogens (tertiary/aromatic N) is 1. The standard InChI is InChI=1S/C21H40N8O6S/c1-11(2)9-12(22)17(31)27-14(6-8-36-3)19(33)28-13(5-4-7-26-21(24)25)18(32)29-15(20(34)35)10-16(23)30/h11-15H,4-10,22H2,1-3H3,(H2,23,30)(H,27,31)(H,28,33)(H,29,32)(H,34,35)(H4,24,25,26). The van der Waals surface area contributed by atoms with Crippen LogP contribution in [0.3, 0.4) is 0 Å². The van der Waals surface area contributed by atoms with Crippen LogP contribution in [0.15, 0.2) is 4.99 Å². The third-order valence-corrected chi connectivity index (χ3v) is 5.55. The Kier molecular flexibility index (Phi) is 15.9. The molecular weight excluding hydrogens is 492 g/mol. The molecule has 0 fully saturated rings. The lowest BCUT2D eigenvalue weighted by molar-refractivity contribution is -0.143. The van der Waals surface area contributed by atoms with Crippen molar-refractivity contribution >= 4 is 47.3 Å². The molecule has 0 radical (unpaired) electrons. The Bertz CT molecular complexity index is 790. The van der Waals surface area contributed by atoms with Crippen LogP contribution in [0.5, 0.6) is 0 Å². The van der Waals surface area contributed by atoms with Gasteiger partial charge in [-0.1, -0.05) is 13.8 Å². The van der Waals surface area contributed by atoms with Crippen LogP contribution in [0, 0.1) is 5.92 Å². The summed E-state index contributed by atoms with van der Waals surface area (Å²) >= 11 is 1.47. The molecule has 4 unspecified atom stereocenters. The van der Waals surface area contributed by atoms with Crippen LogP contribution < -0.4 is 38.9 Å². The number of nitrogens with two attached hydrogens (primary N) is 4. The van der Waals surface area contributed by atoms with Gasteiger partial charge < -0.3 is 44.0 Å². The van der Waals surface area contributed by atoms with Gasteiger partial charge in [0.2, 0.25) is 23.6 Å². The number of thioether (sulfide) groups is 1. The Morgan fingerprint density at radius 1 is 0.889 bits per heavy atom. The minimum atomic E-state index is -1.58.